The number of ether oxygens (including phenoxy) is 2. The summed E-state index contributed by atoms with van der Waals surface area (Å²) in [5, 5.41) is 2.80. The first-order chi connectivity index (χ1) is 15.7. The number of nitrogens with one attached hydrogen (secondary N) is 1. The molecule has 3 atom stereocenters. The van der Waals surface area contributed by atoms with Crippen LogP contribution in [0.3, 0.4) is 0 Å². The van der Waals surface area contributed by atoms with Crippen molar-refractivity contribution in [2.24, 2.45) is 11.8 Å². The highest BCUT2D eigenvalue weighted by Crippen LogP contribution is 2.33. The van der Waals surface area contributed by atoms with Crippen molar-refractivity contribution < 1.29 is 23.9 Å². The summed E-state index contributed by atoms with van der Waals surface area (Å²) in [4.78, 5) is 41.8. The van der Waals surface area contributed by atoms with E-state index in [1.807, 2.05) is 11.8 Å². The van der Waals surface area contributed by atoms with Crippen LogP contribution >= 0.6 is 0 Å². The van der Waals surface area contributed by atoms with E-state index >= 15 is 0 Å². The van der Waals surface area contributed by atoms with Gasteiger partial charge in [-0.25, -0.2) is 0 Å². The van der Waals surface area contributed by atoms with Crippen molar-refractivity contribution in [3.8, 4) is 5.75 Å². The van der Waals surface area contributed by atoms with Crippen LogP contribution in [0.5, 0.6) is 5.75 Å². The van der Waals surface area contributed by atoms with E-state index in [0.717, 1.165) is 12.8 Å². The summed E-state index contributed by atoms with van der Waals surface area (Å²) >= 11 is 0. The molecule has 1 aliphatic heterocycles. The number of fused-ring (bicyclic) bond motifs is 1. The van der Waals surface area contributed by atoms with Crippen molar-refractivity contribution in [3.63, 3.8) is 0 Å². The van der Waals surface area contributed by atoms with Gasteiger partial charge in [0.1, 0.15) is 12.4 Å². The molecule has 0 unspecified atom stereocenters. The maximum Gasteiger partial charge on any atom is 0.257 e. The third kappa shape index (κ3) is 6.47. The van der Waals surface area contributed by atoms with E-state index in [4.69, 9.17) is 9.47 Å². The van der Waals surface area contributed by atoms with Crippen molar-refractivity contribution in [1.29, 1.82) is 0 Å². The second kappa shape index (κ2) is 11.0. The molecule has 1 heterocycles. The van der Waals surface area contributed by atoms with Gasteiger partial charge in [-0.15, -0.1) is 0 Å². The lowest BCUT2D eigenvalue weighted by Gasteiger charge is -2.36. The normalized spacial score (nSPS) is 24.3. The molecule has 1 saturated carbocycles. The molecular weight excluding hydrogens is 422 g/mol. The Morgan fingerprint density at radius 1 is 1.21 bits per heavy atom. The third-order valence-electron chi connectivity index (χ3n) is 6.53. The van der Waals surface area contributed by atoms with Crippen LogP contribution in [-0.2, 0) is 14.3 Å². The van der Waals surface area contributed by atoms with Crippen LogP contribution in [0.2, 0.25) is 0 Å². The molecule has 8 nitrogen and oxygen atoms in total. The largest absolute Gasteiger partial charge is 0.491 e. The van der Waals surface area contributed by atoms with Gasteiger partial charge >= 0.3 is 0 Å². The summed E-state index contributed by atoms with van der Waals surface area (Å²) < 4.78 is 11.8. The molecule has 3 amide bonds. The van der Waals surface area contributed by atoms with Crippen molar-refractivity contribution in [2.75, 3.05) is 39.2 Å². The van der Waals surface area contributed by atoms with Crippen molar-refractivity contribution in [1.82, 2.24) is 9.80 Å². The molecule has 2 aliphatic rings. The molecule has 1 fully saturated rings. The van der Waals surface area contributed by atoms with Gasteiger partial charge in [-0.1, -0.05) is 13.8 Å². The smallest absolute Gasteiger partial charge is 0.257 e. The first-order valence-electron chi connectivity index (χ1n) is 11.9. The monoisotopic (exact) mass is 459 g/mol. The molecule has 1 N–H and O–H groups in total. The highest BCUT2D eigenvalue weighted by molar-refractivity contribution is 5.99. The van der Waals surface area contributed by atoms with Gasteiger partial charge in [0.15, 0.2) is 0 Å². The topological polar surface area (TPSA) is 88.2 Å². The number of likely N-dealkylation sites (N-methyl/N-ethyl adjacent to an activating group) is 1. The lowest BCUT2D eigenvalue weighted by atomic mass is 10.0. The van der Waals surface area contributed by atoms with E-state index in [9.17, 15) is 14.4 Å². The van der Waals surface area contributed by atoms with E-state index in [1.165, 1.54) is 0 Å². The predicted octanol–water partition coefficient (Wildman–Crippen LogP) is 3.17. The van der Waals surface area contributed by atoms with Crippen LogP contribution in [0.25, 0.3) is 0 Å². The summed E-state index contributed by atoms with van der Waals surface area (Å²) in [7, 11) is 3.37. The molecule has 1 aromatic carbocycles. The maximum atomic E-state index is 13.3. The summed E-state index contributed by atoms with van der Waals surface area (Å²) in [6, 6.07) is 4.93. The minimum Gasteiger partial charge on any atom is -0.491 e. The van der Waals surface area contributed by atoms with Gasteiger partial charge in [0.05, 0.1) is 17.7 Å². The number of carbonyl (C=O) groups is 3. The molecule has 0 spiro atoms. The molecular formula is C25H37N3O5. The zero-order valence-corrected chi connectivity index (χ0v) is 20.4. The van der Waals surface area contributed by atoms with Crippen LogP contribution < -0.4 is 10.1 Å². The summed E-state index contributed by atoms with van der Waals surface area (Å²) in [5.41, 5.74) is 0.918. The molecule has 182 valence electrons. The van der Waals surface area contributed by atoms with E-state index in [0.29, 0.717) is 48.8 Å². The highest BCUT2D eigenvalue weighted by Gasteiger charge is 2.33. The number of amides is 3. The lowest BCUT2D eigenvalue weighted by Crippen LogP contribution is -2.48. The van der Waals surface area contributed by atoms with Crippen LogP contribution in [-0.4, -0.2) is 73.5 Å². The standard InChI is InChI=1S/C25H37N3O5/c1-6-23(29)26-19-9-10-21-20(12-19)25(31)27(4)14-22(32-5)16(2)13-28(17(3)15-33-21)24(30)11-18-7-8-18/h9-10,12,16-18,22H,6-8,11,13-15H2,1-5H3,(H,26,29)/t16-,17-,22+/m0/s1. The van der Waals surface area contributed by atoms with Gasteiger partial charge in [0.2, 0.25) is 11.8 Å². The SMILES string of the molecule is CCC(=O)Nc1ccc2c(c1)C(=O)N(C)C[C@@H](OC)[C@@H](C)CN(C(=O)CC1CC1)[C@@H](C)CO2. The summed E-state index contributed by atoms with van der Waals surface area (Å²) in [6.07, 6.45) is 2.94. The Kier molecular flexibility index (Phi) is 8.35. The van der Waals surface area contributed by atoms with Crippen molar-refractivity contribution >= 4 is 23.4 Å². The Labute approximate surface area is 196 Å². The van der Waals surface area contributed by atoms with Gasteiger partial charge < -0.3 is 24.6 Å². The molecule has 3 rings (SSSR count). The van der Waals surface area contributed by atoms with Gasteiger partial charge in [-0.05, 0) is 43.9 Å². The summed E-state index contributed by atoms with van der Waals surface area (Å²) in [6.45, 7) is 7.00. The van der Waals surface area contributed by atoms with Crippen LogP contribution in [0, 0.1) is 11.8 Å². The summed E-state index contributed by atoms with van der Waals surface area (Å²) in [5.74, 6) is 0.782. The van der Waals surface area contributed by atoms with Gasteiger partial charge in [-0.3, -0.25) is 14.4 Å². The molecule has 0 bridgehead atoms. The number of rotatable bonds is 5. The van der Waals surface area contributed by atoms with E-state index in [1.54, 1.807) is 44.2 Å². The zero-order chi connectivity index (χ0) is 24.1. The molecule has 0 radical (unpaired) electrons. The molecule has 8 heteroatoms. The van der Waals surface area contributed by atoms with E-state index in [2.05, 4.69) is 12.2 Å². The fraction of sp³-hybridized carbons (Fsp3) is 0.640. The number of hydrogen-bond donors (Lipinski definition) is 1. The van der Waals surface area contributed by atoms with Crippen LogP contribution in [0.15, 0.2) is 18.2 Å². The fourth-order valence-electron chi connectivity index (χ4n) is 4.14. The van der Waals surface area contributed by atoms with Crippen LogP contribution in [0.4, 0.5) is 5.69 Å². The number of hydrogen-bond acceptors (Lipinski definition) is 5. The number of benzene rings is 1. The first-order valence-corrected chi connectivity index (χ1v) is 11.9. The van der Waals surface area contributed by atoms with E-state index in [-0.39, 0.29) is 42.4 Å². The quantitative estimate of drug-likeness (QED) is 0.731. The number of methoxy groups -OCH3 is 1. The second-order valence-corrected chi connectivity index (χ2v) is 9.40. The second-order valence-electron chi connectivity index (χ2n) is 9.40. The molecule has 33 heavy (non-hydrogen) atoms. The average Bonchev–Trinajstić information content (AvgIpc) is 3.62. The Bertz CT molecular complexity index is 870. The Hall–Kier alpha value is -2.61. The van der Waals surface area contributed by atoms with Gasteiger partial charge in [0, 0.05) is 51.7 Å². The van der Waals surface area contributed by atoms with Crippen molar-refractivity contribution in [3.05, 3.63) is 23.8 Å². The minimum atomic E-state index is -0.228. The molecule has 0 saturated heterocycles. The van der Waals surface area contributed by atoms with E-state index < -0.39 is 0 Å². The molecule has 1 aliphatic carbocycles. The lowest BCUT2D eigenvalue weighted by molar-refractivity contribution is -0.135. The number of anilines is 1. The minimum absolute atomic E-state index is 0.0323. The number of carbonyl (C=O) groups excluding carboxylic acids is 3. The zero-order valence-electron chi connectivity index (χ0n) is 20.4. The molecule has 0 aromatic heterocycles. The third-order valence-corrected chi connectivity index (χ3v) is 6.53. The molecule has 1 aromatic rings. The van der Waals surface area contributed by atoms with Crippen LogP contribution in [0.1, 0.15) is 56.8 Å². The fourth-order valence-corrected chi connectivity index (χ4v) is 4.14. The predicted molar refractivity (Wildman–Crippen MR) is 126 cm³/mol. The highest BCUT2D eigenvalue weighted by atomic mass is 16.5. The number of nitrogens with zero attached hydrogens (tertiary/aromatic N) is 2. The van der Waals surface area contributed by atoms with Gasteiger partial charge in [0.25, 0.3) is 5.91 Å². The maximum absolute atomic E-state index is 13.3. The first kappa shape index (κ1) is 25.0. The average molecular weight is 460 g/mol. The Morgan fingerprint density at radius 2 is 1.94 bits per heavy atom. The van der Waals surface area contributed by atoms with Gasteiger partial charge in [-0.2, -0.15) is 0 Å². The van der Waals surface area contributed by atoms with Crippen molar-refractivity contribution in [2.45, 2.75) is 58.6 Å². The Morgan fingerprint density at radius 3 is 2.58 bits per heavy atom. The Balaban J connectivity index is 1.92.